The Kier molecular flexibility index (Phi) is 8.23. The number of aromatic nitrogens is 2. The Morgan fingerprint density at radius 3 is 2.38 bits per heavy atom. The van der Waals surface area contributed by atoms with Crippen molar-refractivity contribution in [3.63, 3.8) is 0 Å². The molecule has 0 radical (unpaired) electrons. The summed E-state index contributed by atoms with van der Waals surface area (Å²) in [6.45, 7) is 7.35. The van der Waals surface area contributed by atoms with Gasteiger partial charge < -0.3 is 10.1 Å². The largest absolute Gasteiger partial charge is 0.493 e. The number of carbonyl (C=O) groups excluding carboxylic acids is 1. The van der Waals surface area contributed by atoms with Crippen LogP contribution in [0.2, 0.25) is 0 Å². The number of nitrogens with one attached hydrogen (secondary N) is 1. The molecule has 0 aliphatic heterocycles. The number of amides is 1. The highest BCUT2D eigenvalue weighted by Gasteiger charge is 2.17. The van der Waals surface area contributed by atoms with Crippen molar-refractivity contribution in [1.82, 2.24) is 15.1 Å². The van der Waals surface area contributed by atoms with E-state index in [2.05, 4.69) is 44.3 Å². The molecule has 0 saturated carbocycles. The topological polar surface area (TPSA) is 56.1 Å². The van der Waals surface area contributed by atoms with Gasteiger partial charge in [-0.1, -0.05) is 61.9 Å². The monoisotopic (exact) mass is 535 g/mol. The molecule has 6 heteroatoms. The van der Waals surface area contributed by atoms with Crippen LogP contribution in [-0.4, -0.2) is 22.3 Å². The maximum atomic E-state index is 13.2. The molecule has 2 heterocycles. The maximum absolute atomic E-state index is 13.2. The van der Waals surface area contributed by atoms with E-state index < -0.39 is 0 Å². The van der Waals surface area contributed by atoms with Gasteiger partial charge in [0.05, 0.1) is 22.9 Å². The van der Waals surface area contributed by atoms with E-state index in [0.29, 0.717) is 18.0 Å². The summed E-state index contributed by atoms with van der Waals surface area (Å²) in [6.07, 6.45) is 4.13. The molecule has 0 atom stereocenters. The first kappa shape index (κ1) is 26.4. The number of thiophene rings is 1. The Balaban J connectivity index is 1.40. The van der Waals surface area contributed by atoms with Gasteiger partial charge in [-0.3, -0.25) is 4.79 Å². The highest BCUT2D eigenvalue weighted by Crippen LogP contribution is 2.33. The maximum Gasteiger partial charge on any atom is 0.261 e. The Morgan fingerprint density at radius 1 is 0.923 bits per heavy atom. The van der Waals surface area contributed by atoms with E-state index in [-0.39, 0.29) is 5.91 Å². The molecule has 0 aliphatic carbocycles. The number of carbonyl (C=O) groups is 1. The molecule has 5 nitrogen and oxygen atoms in total. The Labute approximate surface area is 234 Å². The summed E-state index contributed by atoms with van der Waals surface area (Å²) in [6, 6.07) is 28.4. The molecule has 0 spiro atoms. The van der Waals surface area contributed by atoms with Crippen LogP contribution in [-0.2, 0) is 6.54 Å². The fraction of sp³-hybridized carbons (Fsp3) is 0.212. The second-order valence-electron chi connectivity index (χ2n) is 9.64. The third-order valence-corrected chi connectivity index (χ3v) is 7.92. The number of hydrogen-bond acceptors (Lipinski definition) is 4. The minimum atomic E-state index is -0.0838. The van der Waals surface area contributed by atoms with E-state index in [1.165, 1.54) is 11.3 Å². The SMILES string of the molecule is CCCCOc1ccc(-c2nn(-c3ccccc3)cc2CNC(=O)c2cc(C)c(-c3ccccc3)s2)cc1C. The Hall–Kier alpha value is -4.16. The number of nitrogens with zero attached hydrogens (tertiary/aromatic N) is 2. The lowest BCUT2D eigenvalue weighted by molar-refractivity contribution is 0.0955. The average molecular weight is 536 g/mol. The van der Waals surface area contributed by atoms with Crippen molar-refractivity contribution in [2.45, 2.75) is 40.2 Å². The molecule has 0 unspecified atom stereocenters. The van der Waals surface area contributed by atoms with Gasteiger partial charge in [-0.2, -0.15) is 5.10 Å². The molecule has 0 bridgehead atoms. The van der Waals surface area contributed by atoms with Gasteiger partial charge in [0, 0.05) is 28.7 Å². The summed E-state index contributed by atoms with van der Waals surface area (Å²) < 4.78 is 7.84. The van der Waals surface area contributed by atoms with Crippen LogP contribution in [0.1, 0.15) is 46.1 Å². The van der Waals surface area contributed by atoms with Gasteiger partial charge in [-0.05, 0) is 73.4 Å². The van der Waals surface area contributed by atoms with Crippen LogP contribution < -0.4 is 10.1 Å². The van der Waals surface area contributed by atoms with Gasteiger partial charge in [0.1, 0.15) is 5.75 Å². The van der Waals surface area contributed by atoms with E-state index in [1.54, 1.807) is 0 Å². The standard InChI is InChI=1S/C33H33N3O2S/c1-4-5-18-38-29-17-16-26(19-23(29)2)31-27(22-36(35-31)28-14-10-7-11-15-28)21-34-33(37)30-20-24(3)32(39-30)25-12-8-6-9-13-25/h6-17,19-20,22H,4-5,18,21H2,1-3H3,(H,34,37). The number of unbranched alkanes of at least 4 members (excludes halogenated alkanes) is 1. The van der Waals surface area contributed by atoms with Crippen molar-refractivity contribution < 1.29 is 9.53 Å². The van der Waals surface area contributed by atoms with E-state index in [0.717, 1.165) is 62.7 Å². The summed E-state index contributed by atoms with van der Waals surface area (Å²) in [5.74, 6) is 0.811. The Bertz CT molecular complexity index is 1550. The second kappa shape index (κ2) is 12.1. The lowest BCUT2D eigenvalue weighted by Gasteiger charge is -2.10. The van der Waals surface area contributed by atoms with E-state index in [9.17, 15) is 4.79 Å². The van der Waals surface area contributed by atoms with Crippen molar-refractivity contribution in [3.05, 3.63) is 113 Å². The predicted molar refractivity (Wildman–Crippen MR) is 160 cm³/mol. The summed E-state index contributed by atoms with van der Waals surface area (Å²) in [5.41, 5.74) is 7.04. The normalized spacial score (nSPS) is 10.9. The van der Waals surface area contributed by atoms with E-state index in [4.69, 9.17) is 9.84 Å². The molecule has 198 valence electrons. The zero-order chi connectivity index (χ0) is 27.2. The van der Waals surface area contributed by atoms with Gasteiger partial charge in [-0.15, -0.1) is 11.3 Å². The van der Waals surface area contributed by atoms with Crippen molar-refractivity contribution in [2.24, 2.45) is 0 Å². The highest BCUT2D eigenvalue weighted by atomic mass is 32.1. The minimum absolute atomic E-state index is 0.0838. The zero-order valence-corrected chi connectivity index (χ0v) is 23.4. The molecule has 0 aliphatic rings. The predicted octanol–water partition coefficient (Wildman–Crippen LogP) is 7.99. The fourth-order valence-corrected chi connectivity index (χ4v) is 5.61. The number of benzene rings is 3. The van der Waals surface area contributed by atoms with Crippen LogP contribution in [0.5, 0.6) is 5.75 Å². The molecule has 1 N–H and O–H groups in total. The first-order valence-electron chi connectivity index (χ1n) is 13.4. The molecule has 3 aromatic carbocycles. The Morgan fingerprint density at radius 2 is 1.67 bits per heavy atom. The third-order valence-electron chi connectivity index (χ3n) is 6.63. The van der Waals surface area contributed by atoms with Gasteiger partial charge in [-0.25, -0.2) is 4.68 Å². The van der Waals surface area contributed by atoms with Crippen molar-refractivity contribution in [3.8, 4) is 33.1 Å². The van der Waals surface area contributed by atoms with Crippen LogP contribution in [0.3, 0.4) is 0 Å². The summed E-state index contributed by atoms with van der Waals surface area (Å²) >= 11 is 1.52. The highest BCUT2D eigenvalue weighted by molar-refractivity contribution is 7.17. The van der Waals surface area contributed by atoms with Crippen molar-refractivity contribution in [2.75, 3.05) is 6.61 Å². The van der Waals surface area contributed by atoms with Crippen LogP contribution in [0.4, 0.5) is 0 Å². The van der Waals surface area contributed by atoms with Gasteiger partial charge in [0.2, 0.25) is 0 Å². The van der Waals surface area contributed by atoms with Crippen LogP contribution in [0, 0.1) is 13.8 Å². The number of ether oxygens (including phenoxy) is 1. The lowest BCUT2D eigenvalue weighted by Crippen LogP contribution is -2.21. The van der Waals surface area contributed by atoms with Gasteiger partial charge in [0.15, 0.2) is 0 Å². The molecular weight excluding hydrogens is 502 g/mol. The summed E-state index contributed by atoms with van der Waals surface area (Å²) in [4.78, 5) is 15.0. The van der Waals surface area contributed by atoms with E-state index >= 15 is 0 Å². The fourth-order valence-electron chi connectivity index (χ4n) is 4.51. The molecular formula is C33H33N3O2S. The zero-order valence-electron chi connectivity index (χ0n) is 22.6. The number of hydrogen-bond donors (Lipinski definition) is 1. The van der Waals surface area contributed by atoms with Crippen molar-refractivity contribution >= 4 is 17.2 Å². The molecule has 5 rings (SSSR count). The lowest BCUT2D eigenvalue weighted by atomic mass is 10.0. The smallest absolute Gasteiger partial charge is 0.261 e. The number of para-hydroxylation sites is 1. The van der Waals surface area contributed by atoms with Crippen LogP contribution in [0.25, 0.3) is 27.4 Å². The average Bonchev–Trinajstić information content (AvgIpc) is 3.57. The van der Waals surface area contributed by atoms with Crippen LogP contribution >= 0.6 is 11.3 Å². The summed E-state index contributed by atoms with van der Waals surface area (Å²) in [7, 11) is 0. The summed E-state index contributed by atoms with van der Waals surface area (Å²) in [5, 5.41) is 8.07. The third kappa shape index (κ3) is 6.13. The molecule has 2 aromatic heterocycles. The quantitative estimate of drug-likeness (QED) is 0.184. The van der Waals surface area contributed by atoms with Gasteiger partial charge in [0.25, 0.3) is 5.91 Å². The first-order valence-corrected chi connectivity index (χ1v) is 14.2. The molecule has 1 amide bonds. The number of aryl methyl sites for hydroxylation is 2. The molecule has 5 aromatic rings. The van der Waals surface area contributed by atoms with Crippen LogP contribution in [0.15, 0.2) is 91.1 Å². The molecule has 0 saturated heterocycles. The molecule has 39 heavy (non-hydrogen) atoms. The van der Waals surface area contributed by atoms with E-state index in [1.807, 2.05) is 77.6 Å². The first-order chi connectivity index (χ1) is 19.0. The second-order valence-corrected chi connectivity index (χ2v) is 10.7. The van der Waals surface area contributed by atoms with Crippen molar-refractivity contribution in [1.29, 1.82) is 0 Å². The minimum Gasteiger partial charge on any atom is -0.493 e. The van der Waals surface area contributed by atoms with Gasteiger partial charge >= 0.3 is 0 Å². The number of rotatable bonds is 10. The molecule has 0 fully saturated rings.